The molecule has 0 spiro atoms. The molecule has 1 saturated carbocycles. The largest absolute Gasteiger partial charge is 0.454 e. The van der Waals surface area contributed by atoms with Gasteiger partial charge < -0.3 is 19.9 Å². The molecule has 2 fully saturated rings. The lowest BCUT2D eigenvalue weighted by atomic mass is 9.96. The van der Waals surface area contributed by atoms with Crippen LogP contribution in [0.25, 0.3) is 10.8 Å². The third-order valence-electron chi connectivity index (χ3n) is 6.83. The Morgan fingerprint density at radius 2 is 1.86 bits per heavy atom. The van der Waals surface area contributed by atoms with Gasteiger partial charge in [-0.3, -0.25) is 9.67 Å². The van der Waals surface area contributed by atoms with Crippen molar-refractivity contribution in [2.45, 2.75) is 57.1 Å². The van der Waals surface area contributed by atoms with Gasteiger partial charge >= 0.3 is 0 Å². The number of nitrogens with zero attached hydrogens (tertiary/aromatic N) is 4. The molecule has 186 valence electrons. The standard InChI is InChI=1S/C28H31N5O3/c1-28(2,34)25-14-20-13-21(4-3-19(20)16-30-25)31-26-15-23(7-10-29-26)36-24-17-33(22-5-6-22)32-27(24)18-8-11-35-12-9-18/h3-4,7,10,13-18,22,34H,5-6,8-9,11-12H2,1-2H3,(H,29,31). The van der Waals surface area contributed by atoms with Crippen LogP contribution in [0.15, 0.2) is 55.0 Å². The highest BCUT2D eigenvalue weighted by Gasteiger charge is 2.29. The summed E-state index contributed by atoms with van der Waals surface area (Å²) in [6.07, 6.45) is 9.87. The van der Waals surface area contributed by atoms with Crippen molar-refractivity contribution < 1.29 is 14.6 Å². The third-order valence-corrected chi connectivity index (χ3v) is 6.83. The topological polar surface area (TPSA) is 94.3 Å². The van der Waals surface area contributed by atoms with Crippen LogP contribution in [0.3, 0.4) is 0 Å². The first-order chi connectivity index (χ1) is 17.4. The molecule has 8 nitrogen and oxygen atoms in total. The van der Waals surface area contributed by atoms with E-state index in [-0.39, 0.29) is 0 Å². The summed E-state index contributed by atoms with van der Waals surface area (Å²) in [5.74, 6) is 2.58. The van der Waals surface area contributed by atoms with Crippen molar-refractivity contribution >= 4 is 22.3 Å². The maximum atomic E-state index is 10.3. The molecule has 2 aliphatic rings. The molecule has 6 rings (SSSR count). The van der Waals surface area contributed by atoms with E-state index in [4.69, 9.17) is 14.6 Å². The summed E-state index contributed by atoms with van der Waals surface area (Å²) in [5.41, 5.74) is 1.56. The van der Waals surface area contributed by atoms with E-state index >= 15 is 0 Å². The Bertz CT molecular complexity index is 1380. The minimum atomic E-state index is -0.998. The van der Waals surface area contributed by atoms with Crippen molar-refractivity contribution in [3.05, 3.63) is 66.4 Å². The van der Waals surface area contributed by atoms with Gasteiger partial charge in [-0.05, 0) is 69.2 Å². The van der Waals surface area contributed by atoms with Gasteiger partial charge in [0.25, 0.3) is 0 Å². The average molecular weight is 486 g/mol. The van der Waals surface area contributed by atoms with Gasteiger partial charge in [-0.2, -0.15) is 5.10 Å². The predicted octanol–water partition coefficient (Wildman–Crippen LogP) is 5.82. The van der Waals surface area contributed by atoms with Gasteiger partial charge in [-0.25, -0.2) is 4.98 Å². The van der Waals surface area contributed by atoms with Crippen LogP contribution in [0.1, 0.15) is 62.9 Å². The zero-order chi connectivity index (χ0) is 24.7. The molecule has 0 radical (unpaired) electrons. The minimum Gasteiger partial charge on any atom is -0.454 e. The van der Waals surface area contributed by atoms with E-state index in [1.54, 1.807) is 26.2 Å². The highest BCUT2D eigenvalue weighted by atomic mass is 16.5. The van der Waals surface area contributed by atoms with Crippen LogP contribution in [0.2, 0.25) is 0 Å². The lowest BCUT2D eigenvalue weighted by Gasteiger charge is -2.21. The molecule has 0 amide bonds. The highest BCUT2D eigenvalue weighted by molar-refractivity contribution is 5.86. The summed E-state index contributed by atoms with van der Waals surface area (Å²) in [4.78, 5) is 8.88. The number of hydrogen-bond acceptors (Lipinski definition) is 7. The molecule has 4 heterocycles. The Kier molecular flexibility index (Phi) is 5.85. The van der Waals surface area contributed by atoms with Crippen molar-refractivity contribution in [1.29, 1.82) is 0 Å². The van der Waals surface area contributed by atoms with Gasteiger partial charge in [0.2, 0.25) is 0 Å². The van der Waals surface area contributed by atoms with Crippen LogP contribution in [-0.2, 0) is 10.3 Å². The van der Waals surface area contributed by atoms with E-state index in [1.807, 2.05) is 42.6 Å². The number of nitrogens with one attached hydrogen (secondary N) is 1. The third kappa shape index (κ3) is 4.92. The Morgan fingerprint density at radius 3 is 2.64 bits per heavy atom. The van der Waals surface area contributed by atoms with E-state index in [9.17, 15) is 5.11 Å². The number of hydrogen-bond donors (Lipinski definition) is 2. The fraction of sp³-hybridized carbons (Fsp3) is 0.393. The van der Waals surface area contributed by atoms with Crippen LogP contribution in [0, 0.1) is 0 Å². The van der Waals surface area contributed by atoms with E-state index in [0.29, 0.717) is 29.2 Å². The van der Waals surface area contributed by atoms with Crippen molar-refractivity contribution in [1.82, 2.24) is 19.7 Å². The summed E-state index contributed by atoms with van der Waals surface area (Å²) < 4.78 is 14.0. The molecular formula is C28H31N5O3. The summed E-state index contributed by atoms with van der Waals surface area (Å²) >= 11 is 0. The molecular weight excluding hydrogens is 454 g/mol. The van der Waals surface area contributed by atoms with E-state index in [1.165, 1.54) is 12.8 Å². The molecule has 36 heavy (non-hydrogen) atoms. The van der Waals surface area contributed by atoms with Crippen LogP contribution in [0.5, 0.6) is 11.5 Å². The Labute approximate surface area is 210 Å². The predicted molar refractivity (Wildman–Crippen MR) is 138 cm³/mol. The second-order valence-corrected chi connectivity index (χ2v) is 10.3. The first-order valence-corrected chi connectivity index (χ1v) is 12.6. The lowest BCUT2D eigenvalue weighted by Crippen LogP contribution is -2.17. The first-order valence-electron chi connectivity index (χ1n) is 12.6. The fourth-order valence-corrected chi connectivity index (χ4v) is 4.62. The Morgan fingerprint density at radius 1 is 1.03 bits per heavy atom. The maximum Gasteiger partial charge on any atom is 0.168 e. The van der Waals surface area contributed by atoms with E-state index in [0.717, 1.165) is 54.0 Å². The minimum absolute atomic E-state index is 0.356. The Balaban J connectivity index is 1.24. The highest BCUT2D eigenvalue weighted by Crippen LogP contribution is 2.40. The fourth-order valence-electron chi connectivity index (χ4n) is 4.62. The number of fused-ring (bicyclic) bond motifs is 1. The Hall–Kier alpha value is -3.49. The maximum absolute atomic E-state index is 10.3. The first kappa shape index (κ1) is 22.9. The van der Waals surface area contributed by atoms with Crippen LogP contribution in [0.4, 0.5) is 11.5 Å². The number of aromatic nitrogens is 4. The van der Waals surface area contributed by atoms with Crippen LogP contribution in [-0.4, -0.2) is 38.1 Å². The number of anilines is 2. The van der Waals surface area contributed by atoms with Gasteiger partial charge in [-0.15, -0.1) is 0 Å². The van der Waals surface area contributed by atoms with Crippen molar-refractivity contribution in [3.63, 3.8) is 0 Å². The second-order valence-electron chi connectivity index (χ2n) is 10.3. The van der Waals surface area contributed by atoms with Crippen LogP contribution >= 0.6 is 0 Å². The molecule has 4 aromatic rings. The molecule has 0 bridgehead atoms. The smallest absolute Gasteiger partial charge is 0.168 e. The van der Waals surface area contributed by atoms with Gasteiger partial charge in [-0.1, -0.05) is 6.07 Å². The molecule has 0 atom stereocenters. The monoisotopic (exact) mass is 485 g/mol. The van der Waals surface area contributed by atoms with Gasteiger partial charge in [0.05, 0.1) is 17.9 Å². The number of rotatable bonds is 7. The molecule has 1 aliphatic carbocycles. The van der Waals surface area contributed by atoms with Crippen molar-refractivity contribution in [2.75, 3.05) is 18.5 Å². The second kappa shape index (κ2) is 9.19. The van der Waals surface area contributed by atoms with Gasteiger partial charge in [0.15, 0.2) is 5.75 Å². The van der Waals surface area contributed by atoms with Gasteiger partial charge in [0.1, 0.15) is 22.9 Å². The normalized spacial score (nSPS) is 16.9. The molecule has 1 aliphatic heterocycles. The van der Waals surface area contributed by atoms with Gasteiger partial charge in [0, 0.05) is 48.7 Å². The summed E-state index contributed by atoms with van der Waals surface area (Å²) in [7, 11) is 0. The van der Waals surface area contributed by atoms with Crippen LogP contribution < -0.4 is 10.1 Å². The number of benzene rings is 1. The molecule has 8 heteroatoms. The van der Waals surface area contributed by atoms with E-state index < -0.39 is 5.60 Å². The lowest BCUT2D eigenvalue weighted by molar-refractivity contribution is 0.0740. The molecule has 1 aromatic carbocycles. The van der Waals surface area contributed by atoms with Crippen molar-refractivity contribution in [2.24, 2.45) is 0 Å². The quantitative estimate of drug-likeness (QED) is 0.341. The molecule has 1 saturated heterocycles. The molecule has 3 aromatic heterocycles. The number of pyridine rings is 2. The number of ether oxygens (including phenoxy) is 2. The average Bonchev–Trinajstić information content (AvgIpc) is 3.64. The molecule has 0 unspecified atom stereocenters. The summed E-state index contributed by atoms with van der Waals surface area (Å²) in [6.45, 7) is 5.01. The zero-order valence-corrected chi connectivity index (χ0v) is 20.6. The summed E-state index contributed by atoms with van der Waals surface area (Å²) in [5, 5.41) is 20.6. The summed E-state index contributed by atoms with van der Waals surface area (Å²) in [6, 6.07) is 12.2. The van der Waals surface area contributed by atoms with E-state index in [2.05, 4.69) is 20.0 Å². The number of aliphatic hydroxyl groups is 1. The zero-order valence-electron chi connectivity index (χ0n) is 20.6. The SMILES string of the molecule is CC(C)(O)c1cc2cc(Nc3cc(Oc4cn(C5CC5)nc4C4CCOCC4)ccn3)ccc2cn1. The van der Waals surface area contributed by atoms with Crippen molar-refractivity contribution in [3.8, 4) is 11.5 Å². The molecule has 2 N–H and O–H groups in total.